The topological polar surface area (TPSA) is 87.7 Å². The summed E-state index contributed by atoms with van der Waals surface area (Å²) >= 11 is 0. The maximum Gasteiger partial charge on any atom is 0.243 e. The molecule has 1 fully saturated rings. The number of benzene rings is 1. The van der Waals surface area contributed by atoms with Crippen LogP contribution in [0.2, 0.25) is 0 Å². The van der Waals surface area contributed by atoms with E-state index in [4.69, 9.17) is 4.74 Å². The van der Waals surface area contributed by atoms with Gasteiger partial charge in [0.05, 0.1) is 24.2 Å². The number of carbonyl (C=O) groups excluding carboxylic acids is 1. The van der Waals surface area contributed by atoms with Crippen LogP contribution in [-0.2, 0) is 19.6 Å². The molecule has 0 spiro atoms. The number of sulfonamides is 1. The summed E-state index contributed by atoms with van der Waals surface area (Å²) in [6.45, 7) is 8.00. The molecule has 0 saturated carbocycles. The molecule has 2 atom stereocenters. The van der Waals surface area contributed by atoms with Crippen molar-refractivity contribution in [2.45, 2.75) is 37.8 Å². The molecule has 8 heteroatoms. The summed E-state index contributed by atoms with van der Waals surface area (Å²) in [4.78, 5) is 12.5. The first kappa shape index (κ1) is 19.8. The van der Waals surface area contributed by atoms with Gasteiger partial charge in [0, 0.05) is 19.6 Å². The zero-order chi connectivity index (χ0) is 18.4. The Balaban J connectivity index is 2.04. The molecule has 1 aliphatic heterocycles. The van der Waals surface area contributed by atoms with Crippen molar-refractivity contribution in [3.05, 3.63) is 29.8 Å². The normalized spacial score (nSPS) is 19.6. The monoisotopic (exact) mass is 369 g/mol. The predicted octanol–water partition coefficient (Wildman–Crippen LogP) is 0.883. The Morgan fingerprint density at radius 1 is 1.32 bits per heavy atom. The van der Waals surface area contributed by atoms with Crippen LogP contribution in [-0.4, -0.2) is 57.5 Å². The van der Waals surface area contributed by atoms with E-state index in [-0.39, 0.29) is 22.9 Å². The van der Waals surface area contributed by atoms with Gasteiger partial charge in [-0.1, -0.05) is 26.0 Å². The van der Waals surface area contributed by atoms with Crippen LogP contribution in [0.15, 0.2) is 29.2 Å². The highest BCUT2D eigenvalue weighted by Gasteiger charge is 2.24. The molecule has 1 aromatic carbocycles. The highest BCUT2D eigenvalue weighted by Crippen LogP contribution is 2.19. The number of hydrogen-bond donors (Lipinski definition) is 2. The Bertz CT molecular complexity index is 666. The van der Waals surface area contributed by atoms with Crippen LogP contribution in [0.4, 0.5) is 0 Å². The highest BCUT2D eigenvalue weighted by molar-refractivity contribution is 7.89. The lowest BCUT2D eigenvalue weighted by Crippen LogP contribution is -2.51. The van der Waals surface area contributed by atoms with Gasteiger partial charge < -0.3 is 15.4 Å². The molecule has 1 saturated heterocycles. The average molecular weight is 369 g/mol. The number of hydrogen-bond acceptors (Lipinski definition) is 5. The lowest BCUT2D eigenvalue weighted by Gasteiger charge is -2.25. The van der Waals surface area contributed by atoms with Gasteiger partial charge in [-0.25, -0.2) is 8.42 Å². The van der Waals surface area contributed by atoms with E-state index in [1.165, 1.54) is 4.31 Å². The van der Waals surface area contributed by atoms with E-state index in [1.807, 2.05) is 20.8 Å². The van der Waals surface area contributed by atoms with Crippen LogP contribution in [0.3, 0.4) is 0 Å². The predicted molar refractivity (Wildman–Crippen MR) is 95.7 cm³/mol. The first-order chi connectivity index (χ1) is 11.9. The number of amides is 1. The first-order valence-corrected chi connectivity index (χ1v) is 10.1. The summed E-state index contributed by atoms with van der Waals surface area (Å²) in [7, 11) is -3.46. The summed E-state index contributed by atoms with van der Waals surface area (Å²) in [6.07, 6.45) is 0. The van der Waals surface area contributed by atoms with Crippen molar-refractivity contribution in [1.29, 1.82) is 0 Å². The number of rotatable bonds is 7. The molecule has 140 valence electrons. The van der Waals surface area contributed by atoms with Gasteiger partial charge in [-0.3, -0.25) is 4.79 Å². The third-order valence-electron chi connectivity index (χ3n) is 4.32. The summed E-state index contributed by atoms with van der Waals surface area (Å²) in [6, 6.07) is 6.10. The minimum atomic E-state index is -3.46. The maximum absolute atomic E-state index is 12.5. The molecule has 1 aromatic rings. The van der Waals surface area contributed by atoms with Gasteiger partial charge in [0.25, 0.3) is 0 Å². The van der Waals surface area contributed by atoms with Crippen molar-refractivity contribution < 1.29 is 17.9 Å². The number of morpholine rings is 1. The third kappa shape index (κ3) is 4.78. The molecule has 7 nitrogen and oxygen atoms in total. The molecule has 2 unspecified atom stereocenters. The van der Waals surface area contributed by atoms with E-state index in [2.05, 4.69) is 10.6 Å². The van der Waals surface area contributed by atoms with Crippen LogP contribution in [0, 0.1) is 0 Å². The standard InChI is InChI=1S/C17H27N3O4S/c1-4-20(5-2)25(22,23)15-8-6-14(7-9-15)13(3)19-17(21)16-12-24-11-10-18-16/h6-9,13,16,18H,4-5,10-12H2,1-3H3,(H,19,21). The van der Waals surface area contributed by atoms with Crippen molar-refractivity contribution in [3.8, 4) is 0 Å². The Kier molecular flexibility index (Phi) is 6.95. The summed E-state index contributed by atoms with van der Waals surface area (Å²) in [5, 5.41) is 6.04. The Labute approximate surface area is 149 Å². The molecule has 0 bridgehead atoms. The smallest absolute Gasteiger partial charge is 0.243 e. The SMILES string of the molecule is CCN(CC)S(=O)(=O)c1ccc(C(C)NC(=O)C2COCCN2)cc1. The minimum Gasteiger partial charge on any atom is -0.378 e. The van der Waals surface area contributed by atoms with E-state index >= 15 is 0 Å². The summed E-state index contributed by atoms with van der Waals surface area (Å²) in [5.74, 6) is -0.118. The highest BCUT2D eigenvalue weighted by atomic mass is 32.2. The van der Waals surface area contributed by atoms with Gasteiger partial charge in [-0.05, 0) is 24.6 Å². The molecule has 2 rings (SSSR count). The van der Waals surface area contributed by atoms with E-state index in [1.54, 1.807) is 24.3 Å². The Morgan fingerprint density at radius 2 is 1.96 bits per heavy atom. The zero-order valence-corrected chi connectivity index (χ0v) is 15.8. The Hall–Kier alpha value is -1.48. The van der Waals surface area contributed by atoms with Gasteiger partial charge in [-0.15, -0.1) is 0 Å². The molecule has 0 radical (unpaired) electrons. The minimum absolute atomic E-state index is 0.118. The second-order valence-electron chi connectivity index (χ2n) is 5.97. The molecular weight excluding hydrogens is 342 g/mol. The number of nitrogens with one attached hydrogen (secondary N) is 2. The third-order valence-corrected chi connectivity index (χ3v) is 6.38. The molecule has 25 heavy (non-hydrogen) atoms. The molecule has 1 heterocycles. The van der Waals surface area contributed by atoms with E-state index in [9.17, 15) is 13.2 Å². The quantitative estimate of drug-likeness (QED) is 0.745. The van der Waals surface area contributed by atoms with E-state index in [0.29, 0.717) is 32.8 Å². The van der Waals surface area contributed by atoms with Crippen LogP contribution in [0.1, 0.15) is 32.4 Å². The summed E-state index contributed by atoms with van der Waals surface area (Å²) in [5.41, 5.74) is 0.851. The van der Waals surface area contributed by atoms with Crippen LogP contribution >= 0.6 is 0 Å². The first-order valence-electron chi connectivity index (χ1n) is 8.61. The second-order valence-corrected chi connectivity index (χ2v) is 7.91. The van der Waals surface area contributed by atoms with Gasteiger partial charge in [0.2, 0.25) is 15.9 Å². The molecule has 1 aliphatic rings. The van der Waals surface area contributed by atoms with Gasteiger partial charge >= 0.3 is 0 Å². The van der Waals surface area contributed by atoms with Crippen LogP contribution in [0.25, 0.3) is 0 Å². The molecule has 2 N–H and O–H groups in total. The zero-order valence-electron chi connectivity index (χ0n) is 15.0. The lowest BCUT2D eigenvalue weighted by molar-refractivity contribution is -0.126. The van der Waals surface area contributed by atoms with Crippen molar-refractivity contribution >= 4 is 15.9 Å². The number of ether oxygens (including phenoxy) is 1. The van der Waals surface area contributed by atoms with Crippen molar-refractivity contribution in [2.24, 2.45) is 0 Å². The lowest BCUT2D eigenvalue weighted by atomic mass is 10.1. The van der Waals surface area contributed by atoms with Crippen molar-refractivity contribution in [2.75, 3.05) is 32.8 Å². The number of carbonyl (C=O) groups is 1. The fraction of sp³-hybridized carbons (Fsp3) is 0.588. The van der Waals surface area contributed by atoms with E-state index in [0.717, 1.165) is 5.56 Å². The van der Waals surface area contributed by atoms with Crippen molar-refractivity contribution in [1.82, 2.24) is 14.9 Å². The maximum atomic E-state index is 12.5. The van der Waals surface area contributed by atoms with E-state index < -0.39 is 10.0 Å². The fourth-order valence-corrected chi connectivity index (χ4v) is 4.23. The molecule has 0 aliphatic carbocycles. The van der Waals surface area contributed by atoms with Gasteiger partial charge in [0.15, 0.2) is 0 Å². The molecule has 0 aromatic heterocycles. The van der Waals surface area contributed by atoms with Crippen LogP contribution < -0.4 is 10.6 Å². The molecule has 1 amide bonds. The molecular formula is C17H27N3O4S. The summed E-state index contributed by atoms with van der Waals surface area (Å²) < 4.78 is 31.7. The Morgan fingerprint density at radius 3 is 2.48 bits per heavy atom. The second kappa shape index (κ2) is 8.75. The van der Waals surface area contributed by atoms with Crippen molar-refractivity contribution in [3.63, 3.8) is 0 Å². The van der Waals surface area contributed by atoms with Crippen LogP contribution in [0.5, 0.6) is 0 Å². The van der Waals surface area contributed by atoms with Gasteiger partial charge in [0.1, 0.15) is 6.04 Å². The number of nitrogens with zero attached hydrogens (tertiary/aromatic N) is 1. The average Bonchev–Trinajstić information content (AvgIpc) is 2.63. The fourth-order valence-electron chi connectivity index (χ4n) is 2.77. The largest absolute Gasteiger partial charge is 0.378 e. The van der Waals surface area contributed by atoms with Gasteiger partial charge in [-0.2, -0.15) is 4.31 Å².